The lowest BCUT2D eigenvalue weighted by Crippen LogP contribution is -2.27. The zero-order valence-corrected chi connectivity index (χ0v) is 12.5. The molecular formula is C15H19FN2OS. The number of hydrogen-bond donors (Lipinski definition) is 2. The van der Waals surface area contributed by atoms with Gasteiger partial charge in [-0.25, -0.2) is 9.37 Å². The molecule has 3 nitrogen and oxygen atoms in total. The Morgan fingerprint density at radius 1 is 1.35 bits per heavy atom. The molecule has 0 aliphatic rings. The predicted octanol–water partition coefficient (Wildman–Crippen LogP) is 3.19. The van der Waals surface area contributed by atoms with Crippen LogP contribution in [0, 0.1) is 12.7 Å². The molecule has 2 atom stereocenters. The third kappa shape index (κ3) is 4.37. The van der Waals surface area contributed by atoms with Crippen LogP contribution >= 0.6 is 11.3 Å². The summed E-state index contributed by atoms with van der Waals surface area (Å²) >= 11 is 1.63. The molecule has 2 rings (SSSR count). The minimum Gasteiger partial charge on any atom is -0.388 e. The van der Waals surface area contributed by atoms with E-state index in [9.17, 15) is 9.50 Å². The van der Waals surface area contributed by atoms with Crippen LogP contribution in [0.15, 0.2) is 29.6 Å². The van der Waals surface area contributed by atoms with Gasteiger partial charge in [-0.05, 0) is 38.0 Å². The van der Waals surface area contributed by atoms with Crippen LogP contribution in [0.25, 0.3) is 0 Å². The van der Waals surface area contributed by atoms with E-state index in [0.717, 1.165) is 16.3 Å². The number of thiazole rings is 1. The monoisotopic (exact) mass is 294 g/mol. The maximum absolute atomic E-state index is 12.8. The highest BCUT2D eigenvalue weighted by molar-refractivity contribution is 7.09. The number of aryl methyl sites for hydroxylation is 1. The highest BCUT2D eigenvalue weighted by Gasteiger charge is 2.12. The molecule has 5 heteroatoms. The van der Waals surface area contributed by atoms with Crippen molar-refractivity contribution in [3.05, 3.63) is 51.7 Å². The van der Waals surface area contributed by atoms with E-state index in [4.69, 9.17) is 0 Å². The normalized spacial score (nSPS) is 14.2. The van der Waals surface area contributed by atoms with Gasteiger partial charge in [0.1, 0.15) is 10.8 Å². The first kappa shape index (κ1) is 15.1. The van der Waals surface area contributed by atoms with Crippen molar-refractivity contribution in [2.75, 3.05) is 0 Å². The summed E-state index contributed by atoms with van der Waals surface area (Å²) in [6.45, 7) is 4.70. The van der Waals surface area contributed by atoms with Crippen molar-refractivity contribution in [3.8, 4) is 0 Å². The summed E-state index contributed by atoms with van der Waals surface area (Å²) in [5.41, 5.74) is 1.77. The van der Waals surface area contributed by atoms with Crippen LogP contribution in [0.1, 0.15) is 35.7 Å². The SMILES string of the molecule is Cc1csc(CN[C@@H](C)C[C@H](O)c2ccc(F)cc2)n1. The Morgan fingerprint density at radius 2 is 2.05 bits per heavy atom. The topological polar surface area (TPSA) is 45.1 Å². The number of aliphatic hydroxyl groups is 1. The maximum Gasteiger partial charge on any atom is 0.123 e. The zero-order valence-electron chi connectivity index (χ0n) is 11.6. The van der Waals surface area contributed by atoms with E-state index in [-0.39, 0.29) is 11.9 Å². The molecule has 0 aliphatic heterocycles. The van der Waals surface area contributed by atoms with E-state index in [0.29, 0.717) is 13.0 Å². The Bertz CT molecular complexity index is 541. The second kappa shape index (κ2) is 6.92. The van der Waals surface area contributed by atoms with Crippen LogP contribution in [0.5, 0.6) is 0 Å². The van der Waals surface area contributed by atoms with Gasteiger partial charge < -0.3 is 10.4 Å². The van der Waals surface area contributed by atoms with Gasteiger partial charge in [0.05, 0.1) is 6.10 Å². The lowest BCUT2D eigenvalue weighted by molar-refractivity contribution is 0.153. The van der Waals surface area contributed by atoms with Gasteiger partial charge in [-0.15, -0.1) is 11.3 Å². The molecule has 108 valence electrons. The first-order valence-electron chi connectivity index (χ1n) is 6.62. The standard InChI is InChI=1S/C15H19FN2OS/c1-10(17-8-15-18-11(2)9-20-15)7-14(19)12-3-5-13(16)6-4-12/h3-6,9-10,14,17,19H,7-8H2,1-2H3/t10-,14-/m0/s1. The molecule has 0 saturated heterocycles. The summed E-state index contributed by atoms with van der Waals surface area (Å²) in [7, 11) is 0. The highest BCUT2D eigenvalue weighted by atomic mass is 32.1. The van der Waals surface area contributed by atoms with Gasteiger partial charge in [0, 0.05) is 23.7 Å². The van der Waals surface area contributed by atoms with Gasteiger partial charge in [-0.2, -0.15) is 0 Å². The second-order valence-electron chi connectivity index (χ2n) is 4.97. The number of halogens is 1. The van der Waals surface area contributed by atoms with Crippen LogP contribution in [0.3, 0.4) is 0 Å². The van der Waals surface area contributed by atoms with Crippen molar-refractivity contribution in [1.82, 2.24) is 10.3 Å². The van der Waals surface area contributed by atoms with Gasteiger partial charge in [0.2, 0.25) is 0 Å². The molecule has 0 spiro atoms. The van der Waals surface area contributed by atoms with Crippen LogP contribution < -0.4 is 5.32 Å². The fourth-order valence-corrected chi connectivity index (χ4v) is 2.71. The lowest BCUT2D eigenvalue weighted by atomic mass is 10.0. The Kier molecular flexibility index (Phi) is 5.23. The third-order valence-electron chi connectivity index (χ3n) is 3.10. The van der Waals surface area contributed by atoms with Gasteiger partial charge in [0.15, 0.2) is 0 Å². The third-order valence-corrected chi connectivity index (χ3v) is 4.07. The van der Waals surface area contributed by atoms with E-state index in [1.165, 1.54) is 12.1 Å². The predicted molar refractivity (Wildman–Crippen MR) is 79.1 cm³/mol. The number of nitrogens with one attached hydrogen (secondary N) is 1. The number of benzene rings is 1. The quantitative estimate of drug-likeness (QED) is 0.860. The minimum atomic E-state index is -0.587. The van der Waals surface area contributed by atoms with E-state index in [1.54, 1.807) is 23.5 Å². The minimum absolute atomic E-state index is 0.152. The molecule has 2 N–H and O–H groups in total. The van der Waals surface area contributed by atoms with Crippen molar-refractivity contribution in [2.45, 2.75) is 39.0 Å². The summed E-state index contributed by atoms with van der Waals surface area (Å²) in [5, 5.41) is 16.5. The van der Waals surface area contributed by atoms with Gasteiger partial charge in [0.25, 0.3) is 0 Å². The fourth-order valence-electron chi connectivity index (χ4n) is 1.98. The van der Waals surface area contributed by atoms with E-state index in [2.05, 4.69) is 10.3 Å². The van der Waals surface area contributed by atoms with E-state index >= 15 is 0 Å². The summed E-state index contributed by atoms with van der Waals surface area (Å²) in [6.07, 6.45) is -0.00756. The summed E-state index contributed by atoms with van der Waals surface area (Å²) in [6, 6.07) is 6.14. The molecule has 20 heavy (non-hydrogen) atoms. The van der Waals surface area contributed by atoms with Crippen LogP contribution in [-0.2, 0) is 6.54 Å². The van der Waals surface area contributed by atoms with Gasteiger partial charge in [-0.1, -0.05) is 12.1 Å². The summed E-state index contributed by atoms with van der Waals surface area (Å²) in [4.78, 5) is 4.38. The van der Waals surface area contributed by atoms with E-state index < -0.39 is 6.10 Å². The van der Waals surface area contributed by atoms with Crippen molar-refractivity contribution in [1.29, 1.82) is 0 Å². The Hall–Kier alpha value is -1.30. The molecule has 0 radical (unpaired) electrons. The number of nitrogens with zero attached hydrogens (tertiary/aromatic N) is 1. The van der Waals surface area contributed by atoms with Gasteiger partial charge in [-0.3, -0.25) is 0 Å². The number of rotatable bonds is 6. The first-order chi connectivity index (χ1) is 9.54. The molecule has 0 unspecified atom stereocenters. The van der Waals surface area contributed by atoms with Crippen molar-refractivity contribution < 1.29 is 9.50 Å². The van der Waals surface area contributed by atoms with Crippen molar-refractivity contribution in [2.24, 2.45) is 0 Å². The molecule has 1 heterocycles. The molecule has 2 aromatic rings. The summed E-state index contributed by atoms with van der Waals surface area (Å²) in [5.74, 6) is -0.286. The average Bonchev–Trinajstić information content (AvgIpc) is 2.83. The number of aromatic nitrogens is 1. The molecule has 1 aromatic heterocycles. The van der Waals surface area contributed by atoms with Crippen LogP contribution in [-0.4, -0.2) is 16.1 Å². The molecule has 0 aliphatic carbocycles. The Morgan fingerprint density at radius 3 is 2.65 bits per heavy atom. The van der Waals surface area contributed by atoms with Crippen molar-refractivity contribution in [3.63, 3.8) is 0 Å². The Labute approximate surface area is 122 Å². The second-order valence-corrected chi connectivity index (χ2v) is 5.91. The molecule has 0 amide bonds. The number of hydrogen-bond acceptors (Lipinski definition) is 4. The molecule has 1 aromatic carbocycles. The average molecular weight is 294 g/mol. The lowest BCUT2D eigenvalue weighted by Gasteiger charge is -2.17. The van der Waals surface area contributed by atoms with Crippen LogP contribution in [0.2, 0.25) is 0 Å². The molecule has 0 fully saturated rings. The number of aliphatic hydroxyl groups excluding tert-OH is 1. The van der Waals surface area contributed by atoms with Crippen molar-refractivity contribution >= 4 is 11.3 Å². The zero-order chi connectivity index (χ0) is 14.5. The largest absolute Gasteiger partial charge is 0.388 e. The van der Waals surface area contributed by atoms with Crippen LogP contribution in [0.4, 0.5) is 4.39 Å². The molecular weight excluding hydrogens is 275 g/mol. The highest BCUT2D eigenvalue weighted by Crippen LogP contribution is 2.19. The fraction of sp³-hybridized carbons (Fsp3) is 0.400. The first-order valence-corrected chi connectivity index (χ1v) is 7.50. The van der Waals surface area contributed by atoms with E-state index in [1.807, 2.05) is 19.2 Å². The maximum atomic E-state index is 12.8. The molecule has 0 bridgehead atoms. The Balaban J connectivity index is 1.81. The molecule has 0 saturated carbocycles. The smallest absolute Gasteiger partial charge is 0.123 e. The van der Waals surface area contributed by atoms with Gasteiger partial charge >= 0.3 is 0 Å². The summed E-state index contributed by atoms with van der Waals surface area (Å²) < 4.78 is 12.8.